The van der Waals surface area contributed by atoms with E-state index in [2.05, 4.69) is 6.58 Å². The van der Waals surface area contributed by atoms with E-state index in [-0.39, 0.29) is 12.2 Å². The van der Waals surface area contributed by atoms with E-state index >= 15 is 0 Å². The number of benzene rings is 1. The standard InChI is InChI=1S/C10H9FO2/c1-2-3-10(12)13-9-6-4-8(11)5-7-9/h2,4-7H,1,3H2. The quantitative estimate of drug-likeness (QED) is 0.405. The Morgan fingerprint density at radius 3 is 2.62 bits per heavy atom. The largest absolute Gasteiger partial charge is 0.426 e. The molecule has 1 aromatic carbocycles. The molecule has 0 spiro atoms. The Morgan fingerprint density at radius 1 is 1.46 bits per heavy atom. The molecule has 3 heteroatoms. The number of ether oxygens (including phenoxy) is 1. The summed E-state index contributed by atoms with van der Waals surface area (Å²) in [6, 6.07) is 5.26. The minimum atomic E-state index is -0.401. The third-order valence-corrected chi connectivity index (χ3v) is 1.36. The Hall–Kier alpha value is -1.64. The SMILES string of the molecule is C=CCC(=O)Oc1ccc(F)cc1. The van der Waals surface area contributed by atoms with Crippen molar-refractivity contribution in [3.63, 3.8) is 0 Å². The molecule has 0 saturated heterocycles. The number of esters is 1. The molecule has 0 atom stereocenters. The van der Waals surface area contributed by atoms with Crippen LogP contribution in [0.4, 0.5) is 4.39 Å². The summed E-state index contributed by atoms with van der Waals surface area (Å²) in [4.78, 5) is 10.9. The van der Waals surface area contributed by atoms with Gasteiger partial charge in [0.1, 0.15) is 11.6 Å². The van der Waals surface area contributed by atoms with Crippen LogP contribution in [0.25, 0.3) is 0 Å². The normalized spacial score (nSPS) is 9.31. The first-order chi connectivity index (χ1) is 6.22. The first kappa shape index (κ1) is 9.45. The van der Waals surface area contributed by atoms with E-state index in [9.17, 15) is 9.18 Å². The molecule has 0 unspecified atom stereocenters. The van der Waals surface area contributed by atoms with Gasteiger partial charge < -0.3 is 4.74 Å². The van der Waals surface area contributed by atoms with Gasteiger partial charge in [0, 0.05) is 0 Å². The van der Waals surface area contributed by atoms with Crippen LogP contribution in [0.5, 0.6) is 5.75 Å². The smallest absolute Gasteiger partial charge is 0.315 e. The molecule has 2 nitrogen and oxygen atoms in total. The highest BCUT2D eigenvalue weighted by Crippen LogP contribution is 2.11. The van der Waals surface area contributed by atoms with Crippen LogP contribution in [0, 0.1) is 5.82 Å². The van der Waals surface area contributed by atoms with Crippen molar-refractivity contribution in [3.8, 4) is 5.75 Å². The lowest BCUT2D eigenvalue weighted by Crippen LogP contribution is -2.05. The van der Waals surface area contributed by atoms with Crippen LogP contribution in [-0.4, -0.2) is 5.97 Å². The Morgan fingerprint density at radius 2 is 2.08 bits per heavy atom. The summed E-state index contributed by atoms with van der Waals surface area (Å²) in [6.45, 7) is 3.40. The molecule has 0 amide bonds. The molecule has 0 saturated carbocycles. The maximum absolute atomic E-state index is 12.4. The van der Waals surface area contributed by atoms with Gasteiger partial charge in [0.15, 0.2) is 0 Å². The summed E-state index contributed by atoms with van der Waals surface area (Å²) in [6.07, 6.45) is 1.60. The first-order valence-corrected chi connectivity index (χ1v) is 3.79. The topological polar surface area (TPSA) is 26.3 Å². The van der Waals surface area contributed by atoms with Crippen LogP contribution in [0.1, 0.15) is 6.42 Å². The Labute approximate surface area is 75.6 Å². The van der Waals surface area contributed by atoms with E-state index < -0.39 is 5.97 Å². The predicted molar refractivity (Wildman–Crippen MR) is 46.8 cm³/mol. The van der Waals surface area contributed by atoms with Gasteiger partial charge in [-0.2, -0.15) is 0 Å². The van der Waals surface area contributed by atoms with E-state index in [0.29, 0.717) is 5.75 Å². The van der Waals surface area contributed by atoms with Crippen molar-refractivity contribution in [2.24, 2.45) is 0 Å². The van der Waals surface area contributed by atoms with Crippen molar-refractivity contribution < 1.29 is 13.9 Å². The van der Waals surface area contributed by atoms with Gasteiger partial charge in [-0.15, -0.1) is 6.58 Å². The van der Waals surface area contributed by atoms with Gasteiger partial charge in [0.2, 0.25) is 0 Å². The maximum atomic E-state index is 12.4. The summed E-state index contributed by atoms with van der Waals surface area (Å²) >= 11 is 0. The maximum Gasteiger partial charge on any atom is 0.315 e. The summed E-state index contributed by atoms with van der Waals surface area (Å²) < 4.78 is 17.2. The molecule has 0 radical (unpaired) electrons. The molecule has 0 aliphatic heterocycles. The Balaban J connectivity index is 2.59. The van der Waals surface area contributed by atoms with E-state index in [1.54, 1.807) is 0 Å². The number of hydrogen-bond donors (Lipinski definition) is 0. The molecule has 0 aliphatic carbocycles. The number of rotatable bonds is 3. The van der Waals surface area contributed by atoms with Crippen LogP contribution in [0.15, 0.2) is 36.9 Å². The van der Waals surface area contributed by atoms with E-state index in [4.69, 9.17) is 4.74 Å². The molecule has 0 heterocycles. The molecular weight excluding hydrogens is 171 g/mol. The molecule has 0 bridgehead atoms. The summed E-state index contributed by atoms with van der Waals surface area (Å²) in [5.41, 5.74) is 0. The van der Waals surface area contributed by atoms with Crippen molar-refractivity contribution in [2.75, 3.05) is 0 Å². The molecule has 13 heavy (non-hydrogen) atoms. The van der Waals surface area contributed by atoms with Crippen LogP contribution < -0.4 is 4.74 Å². The minimum absolute atomic E-state index is 0.150. The average molecular weight is 180 g/mol. The van der Waals surface area contributed by atoms with Crippen molar-refractivity contribution in [1.82, 2.24) is 0 Å². The van der Waals surface area contributed by atoms with E-state index in [0.717, 1.165) is 0 Å². The van der Waals surface area contributed by atoms with Gasteiger partial charge in [-0.25, -0.2) is 4.39 Å². The van der Waals surface area contributed by atoms with Crippen molar-refractivity contribution in [2.45, 2.75) is 6.42 Å². The molecule has 0 aliphatic rings. The fourth-order valence-corrected chi connectivity index (χ4v) is 0.794. The van der Waals surface area contributed by atoms with Crippen molar-refractivity contribution in [3.05, 3.63) is 42.7 Å². The third-order valence-electron chi connectivity index (χ3n) is 1.36. The number of halogens is 1. The second-order valence-corrected chi connectivity index (χ2v) is 2.42. The third kappa shape index (κ3) is 3.07. The molecule has 68 valence electrons. The second-order valence-electron chi connectivity index (χ2n) is 2.42. The number of hydrogen-bond acceptors (Lipinski definition) is 2. The highest BCUT2D eigenvalue weighted by Gasteiger charge is 2.01. The van der Waals surface area contributed by atoms with Gasteiger partial charge in [0.05, 0.1) is 6.42 Å². The van der Waals surface area contributed by atoms with E-state index in [1.807, 2.05) is 0 Å². The lowest BCUT2D eigenvalue weighted by Gasteiger charge is -2.01. The van der Waals surface area contributed by atoms with E-state index in [1.165, 1.54) is 30.3 Å². The van der Waals surface area contributed by atoms with Gasteiger partial charge in [-0.05, 0) is 24.3 Å². The van der Waals surface area contributed by atoms with Crippen LogP contribution in [-0.2, 0) is 4.79 Å². The molecule has 0 fully saturated rings. The van der Waals surface area contributed by atoms with Gasteiger partial charge in [-0.1, -0.05) is 6.08 Å². The monoisotopic (exact) mass is 180 g/mol. The zero-order valence-corrected chi connectivity index (χ0v) is 7.00. The summed E-state index contributed by atoms with van der Waals surface area (Å²) in [5.74, 6) is -0.418. The fraction of sp³-hybridized carbons (Fsp3) is 0.100. The predicted octanol–water partition coefficient (Wildman–Crippen LogP) is 2.31. The zero-order valence-electron chi connectivity index (χ0n) is 7.00. The minimum Gasteiger partial charge on any atom is -0.426 e. The van der Waals surface area contributed by atoms with Crippen molar-refractivity contribution >= 4 is 5.97 Å². The highest BCUT2D eigenvalue weighted by molar-refractivity contribution is 5.73. The van der Waals surface area contributed by atoms with Crippen LogP contribution in [0.3, 0.4) is 0 Å². The summed E-state index contributed by atoms with van der Waals surface area (Å²) in [7, 11) is 0. The zero-order chi connectivity index (χ0) is 9.68. The van der Waals surface area contributed by atoms with Crippen LogP contribution in [0.2, 0.25) is 0 Å². The number of carbonyl (C=O) groups excluding carboxylic acids is 1. The number of carbonyl (C=O) groups is 1. The average Bonchev–Trinajstić information content (AvgIpc) is 2.09. The molecule has 0 N–H and O–H groups in total. The van der Waals surface area contributed by atoms with Gasteiger partial charge in [0.25, 0.3) is 0 Å². The molecule has 0 aromatic heterocycles. The Kier molecular flexibility index (Phi) is 3.20. The highest BCUT2D eigenvalue weighted by atomic mass is 19.1. The van der Waals surface area contributed by atoms with Gasteiger partial charge in [-0.3, -0.25) is 4.79 Å². The van der Waals surface area contributed by atoms with Crippen LogP contribution >= 0.6 is 0 Å². The lowest BCUT2D eigenvalue weighted by atomic mass is 10.3. The Bertz CT molecular complexity index is 303. The molecule has 1 aromatic rings. The van der Waals surface area contributed by atoms with Gasteiger partial charge >= 0.3 is 5.97 Å². The van der Waals surface area contributed by atoms with Crippen molar-refractivity contribution in [1.29, 1.82) is 0 Å². The summed E-state index contributed by atoms with van der Waals surface area (Å²) in [5, 5.41) is 0. The molecule has 1 rings (SSSR count). The lowest BCUT2D eigenvalue weighted by molar-refractivity contribution is -0.133. The fourth-order valence-electron chi connectivity index (χ4n) is 0.794. The first-order valence-electron chi connectivity index (χ1n) is 3.79. The molecular formula is C10H9FO2. The second kappa shape index (κ2) is 4.40.